The Morgan fingerprint density at radius 3 is 2.37 bits per heavy atom. The number of fused-ring (bicyclic) bond motifs is 1. The molecule has 3 heterocycles. The van der Waals surface area contributed by atoms with E-state index in [4.69, 9.17) is 4.74 Å². The number of hydrogen-bond donors (Lipinski definition) is 1. The lowest BCUT2D eigenvalue weighted by Crippen LogP contribution is -2.59. The maximum atomic E-state index is 14.9. The smallest absolute Gasteiger partial charge is 0.253 e. The maximum absolute atomic E-state index is 14.9. The van der Waals surface area contributed by atoms with Gasteiger partial charge in [-0.1, -0.05) is 49.4 Å². The van der Waals surface area contributed by atoms with Gasteiger partial charge >= 0.3 is 0 Å². The van der Waals surface area contributed by atoms with Gasteiger partial charge in [-0.25, -0.2) is 0 Å². The molecule has 3 amide bonds. The fourth-order valence-corrected chi connectivity index (χ4v) is 7.72. The molecule has 8 nitrogen and oxygen atoms in total. The predicted molar refractivity (Wildman–Crippen MR) is 168 cm³/mol. The van der Waals surface area contributed by atoms with Crippen molar-refractivity contribution in [2.75, 3.05) is 29.5 Å². The fraction of sp³-hybridized carbons (Fsp3) is 0.457. The van der Waals surface area contributed by atoms with Gasteiger partial charge in [-0.3, -0.25) is 14.4 Å². The normalized spacial score (nSPS) is 29.7. The number of benzene rings is 2. The van der Waals surface area contributed by atoms with Crippen LogP contribution in [-0.2, 0) is 19.1 Å². The molecule has 2 aromatic rings. The molecule has 1 N–H and O–H groups in total. The van der Waals surface area contributed by atoms with Crippen LogP contribution in [0.15, 0.2) is 73.8 Å². The first-order valence-corrected chi connectivity index (χ1v) is 15.1. The van der Waals surface area contributed by atoms with Gasteiger partial charge in [0.05, 0.1) is 30.1 Å². The molecule has 43 heavy (non-hydrogen) atoms. The number of aliphatic hydroxyl groups is 1. The second kappa shape index (κ2) is 11.4. The van der Waals surface area contributed by atoms with Crippen LogP contribution in [0.1, 0.15) is 38.3 Å². The van der Waals surface area contributed by atoms with E-state index in [9.17, 15) is 19.5 Å². The lowest BCUT2D eigenvalue weighted by molar-refractivity contribution is -0.148. The zero-order valence-corrected chi connectivity index (χ0v) is 25.8. The zero-order valence-electron chi connectivity index (χ0n) is 25.8. The highest BCUT2D eigenvalue weighted by Gasteiger charge is 2.80. The molecule has 3 saturated heterocycles. The van der Waals surface area contributed by atoms with Crippen LogP contribution in [0.2, 0.25) is 0 Å². The third kappa shape index (κ3) is 4.62. The number of likely N-dealkylation sites (tertiary alicyclic amines) is 1. The average molecular weight is 586 g/mol. The van der Waals surface area contributed by atoms with Crippen LogP contribution in [0, 0.1) is 31.6 Å². The summed E-state index contributed by atoms with van der Waals surface area (Å²) in [5.41, 5.74) is 1.13. The van der Waals surface area contributed by atoms with Gasteiger partial charge in [-0.2, -0.15) is 0 Å². The third-order valence-corrected chi connectivity index (χ3v) is 9.87. The van der Waals surface area contributed by atoms with E-state index in [1.54, 1.807) is 28.9 Å². The van der Waals surface area contributed by atoms with Crippen molar-refractivity contribution in [3.63, 3.8) is 0 Å². The quantitative estimate of drug-likeness (QED) is 0.417. The monoisotopic (exact) mass is 585 g/mol. The highest BCUT2D eigenvalue weighted by molar-refractivity contribution is 6.07. The summed E-state index contributed by atoms with van der Waals surface area (Å²) >= 11 is 0. The molecule has 3 unspecified atom stereocenters. The third-order valence-electron chi connectivity index (χ3n) is 9.87. The molecule has 2 aromatic carbocycles. The Hall–Kier alpha value is -3.75. The zero-order chi connectivity index (χ0) is 31.3. The lowest BCUT2D eigenvalue weighted by Gasteiger charge is -2.39. The molecule has 5 rings (SSSR count). The Kier molecular flexibility index (Phi) is 8.13. The minimum absolute atomic E-state index is 0.111. The van der Waals surface area contributed by atoms with E-state index in [2.05, 4.69) is 13.2 Å². The van der Waals surface area contributed by atoms with E-state index in [0.717, 1.165) is 16.8 Å². The van der Waals surface area contributed by atoms with E-state index in [0.29, 0.717) is 12.1 Å². The summed E-state index contributed by atoms with van der Waals surface area (Å²) in [4.78, 5) is 48.8. The van der Waals surface area contributed by atoms with Gasteiger partial charge < -0.3 is 24.5 Å². The molecule has 3 aliphatic heterocycles. The van der Waals surface area contributed by atoms with Crippen LogP contribution in [-0.4, -0.2) is 70.7 Å². The maximum Gasteiger partial charge on any atom is 0.253 e. The van der Waals surface area contributed by atoms with Crippen molar-refractivity contribution >= 4 is 29.1 Å². The molecule has 0 saturated carbocycles. The average Bonchev–Trinajstić information content (AvgIpc) is 3.51. The SMILES string of the molecule is C=CCN(C(=O)[C@H]1[C@H]2C(=O)N([C@H](C)CO)C(C(=O)N(CC=C)c3cc(C)ccc3C)C23CC(C)[C@]1(C)O3)c1ccccc1. The van der Waals surface area contributed by atoms with Crippen molar-refractivity contribution in [1.29, 1.82) is 0 Å². The van der Waals surface area contributed by atoms with Gasteiger partial charge in [0.1, 0.15) is 11.6 Å². The van der Waals surface area contributed by atoms with E-state index in [1.165, 1.54) is 4.90 Å². The second-order valence-electron chi connectivity index (χ2n) is 12.6. The number of anilines is 2. The van der Waals surface area contributed by atoms with Crippen molar-refractivity contribution in [3.8, 4) is 0 Å². The van der Waals surface area contributed by atoms with Gasteiger partial charge in [0.2, 0.25) is 11.8 Å². The highest BCUT2D eigenvalue weighted by atomic mass is 16.5. The van der Waals surface area contributed by atoms with Crippen LogP contribution in [0.5, 0.6) is 0 Å². The molecule has 1 spiro atoms. The second-order valence-corrected chi connectivity index (χ2v) is 12.6. The largest absolute Gasteiger partial charge is 0.394 e. The number of ether oxygens (including phenoxy) is 1. The van der Waals surface area contributed by atoms with Gasteiger partial charge in [0.15, 0.2) is 0 Å². The molecule has 0 radical (unpaired) electrons. The van der Waals surface area contributed by atoms with Crippen molar-refractivity contribution in [1.82, 2.24) is 4.90 Å². The molecule has 2 bridgehead atoms. The van der Waals surface area contributed by atoms with Crippen molar-refractivity contribution < 1.29 is 24.2 Å². The lowest BCUT2D eigenvalue weighted by atomic mass is 9.62. The Morgan fingerprint density at radius 2 is 1.74 bits per heavy atom. The number of nitrogens with zero attached hydrogens (tertiary/aromatic N) is 3. The van der Waals surface area contributed by atoms with E-state index < -0.39 is 35.1 Å². The Balaban J connectivity index is 1.65. The molecule has 3 fully saturated rings. The van der Waals surface area contributed by atoms with Gasteiger partial charge in [-0.05, 0) is 69.4 Å². The van der Waals surface area contributed by atoms with Gasteiger partial charge in [0.25, 0.3) is 5.91 Å². The van der Waals surface area contributed by atoms with Crippen LogP contribution in [0.25, 0.3) is 0 Å². The molecular weight excluding hydrogens is 542 g/mol. The number of aliphatic hydroxyl groups excluding tert-OH is 1. The summed E-state index contributed by atoms with van der Waals surface area (Å²) in [5.74, 6) is -2.70. The number of rotatable bonds is 10. The van der Waals surface area contributed by atoms with Crippen LogP contribution < -0.4 is 9.80 Å². The summed E-state index contributed by atoms with van der Waals surface area (Å²) in [6.45, 7) is 17.5. The molecule has 0 aliphatic carbocycles. The number of amides is 3. The summed E-state index contributed by atoms with van der Waals surface area (Å²) in [6, 6.07) is 13.6. The minimum atomic E-state index is -1.24. The molecule has 8 heteroatoms. The Bertz CT molecular complexity index is 1440. The summed E-state index contributed by atoms with van der Waals surface area (Å²) < 4.78 is 6.94. The minimum Gasteiger partial charge on any atom is -0.394 e. The summed E-state index contributed by atoms with van der Waals surface area (Å²) in [5, 5.41) is 10.3. The van der Waals surface area contributed by atoms with E-state index >= 15 is 0 Å². The number of carbonyl (C=O) groups is 3. The fourth-order valence-electron chi connectivity index (χ4n) is 7.72. The summed E-state index contributed by atoms with van der Waals surface area (Å²) in [7, 11) is 0. The standard InChI is InChI=1S/C35H43N3O5/c1-8-17-36(26-13-11-10-12-14-26)31(40)28-29-32(41)38(25(6)21-39)30(35(29)20-24(5)34(28,7)43-35)33(42)37(18-9-2)27-19-22(3)15-16-23(27)4/h8-16,19,24-25,28-30,39H,1-2,17-18,20-21H2,3-7H3/t24?,25-,28-,29+,30?,34+,35?/m1/s1. The number of para-hydroxylation sites is 1. The molecular formula is C35H43N3O5. The van der Waals surface area contributed by atoms with Crippen LogP contribution in [0.3, 0.4) is 0 Å². The van der Waals surface area contributed by atoms with Crippen LogP contribution >= 0.6 is 0 Å². The number of carbonyl (C=O) groups excluding carboxylic acids is 3. The van der Waals surface area contributed by atoms with E-state index in [-0.39, 0.29) is 43.3 Å². The molecule has 7 atom stereocenters. The van der Waals surface area contributed by atoms with Crippen molar-refractivity contribution in [3.05, 3.63) is 85.0 Å². The topological polar surface area (TPSA) is 90.4 Å². The van der Waals surface area contributed by atoms with Gasteiger partial charge in [0, 0.05) is 24.5 Å². The summed E-state index contributed by atoms with van der Waals surface area (Å²) in [6.07, 6.45) is 3.78. The predicted octanol–water partition coefficient (Wildman–Crippen LogP) is 4.43. The van der Waals surface area contributed by atoms with Crippen molar-refractivity contribution in [2.45, 2.75) is 64.3 Å². The highest BCUT2D eigenvalue weighted by Crippen LogP contribution is 2.66. The first kappa shape index (κ1) is 30.7. The Labute approximate surface area is 254 Å². The number of hydrogen-bond acceptors (Lipinski definition) is 5. The van der Waals surface area contributed by atoms with Crippen molar-refractivity contribution in [2.24, 2.45) is 17.8 Å². The number of aryl methyl sites for hydroxylation is 2. The van der Waals surface area contributed by atoms with E-state index in [1.807, 2.05) is 76.2 Å². The Morgan fingerprint density at radius 1 is 1.09 bits per heavy atom. The molecule has 228 valence electrons. The van der Waals surface area contributed by atoms with Gasteiger partial charge in [-0.15, -0.1) is 13.2 Å². The first-order valence-electron chi connectivity index (χ1n) is 15.1. The molecule has 0 aromatic heterocycles. The molecule has 3 aliphatic rings. The first-order chi connectivity index (χ1) is 20.5. The van der Waals surface area contributed by atoms with Crippen LogP contribution in [0.4, 0.5) is 11.4 Å².